The number of aromatic nitrogens is 2. The van der Waals surface area contributed by atoms with Crippen molar-refractivity contribution in [1.29, 1.82) is 0 Å². The minimum absolute atomic E-state index is 0.103. The lowest BCUT2D eigenvalue weighted by atomic mass is 10.0. The Morgan fingerprint density at radius 2 is 2.00 bits per heavy atom. The van der Waals surface area contributed by atoms with Gasteiger partial charge in [0, 0.05) is 30.3 Å². The van der Waals surface area contributed by atoms with Gasteiger partial charge in [-0.2, -0.15) is 5.10 Å². The Balaban J connectivity index is 2.12. The Morgan fingerprint density at radius 3 is 2.65 bits per heavy atom. The second-order valence-electron chi connectivity index (χ2n) is 5.16. The molecule has 0 aliphatic carbocycles. The number of benzene rings is 1. The summed E-state index contributed by atoms with van der Waals surface area (Å²) in [5, 5.41) is 4.55. The smallest absolute Gasteiger partial charge is 0.124 e. The highest BCUT2D eigenvalue weighted by atomic mass is 16.5. The van der Waals surface area contributed by atoms with E-state index in [-0.39, 0.29) is 6.04 Å². The second-order valence-corrected chi connectivity index (χ2v) is 5.16. The molecule has 4 heteroatoms. The molecule has 0 aliphatic heterocycles. The molecule has 0 bridgehead atoms. The average Bonchev–Trinajstić information content (AvgIpc) is 2.88. The molecular formula is C16H23N3O. The molecule has 1 aromatic carbocycles. The fourth-order valence-corrected chi connectivity index (χ4v) is 2.18. The summed E-state index contributed by atoms with van der Waals surface area (Å²) in [5.41, 5.74) is 8.36. The maximum Gasteiger partial charge on any atom is 0.124 e. The molecule has 0 spiro atoms. The van der Waals surface area contributed by atoms with Gasteiger partial charge in [-0.1, -0.05) is 18.2 Å². The maximum atomic E-state index is 6.31. The summed E-state index contributed by atoms with van der Waals surface area (Å²) < 4.78 is 7.59. The molecule has 0 saturated heterocycles. The van der Waals surface area contributed by atoms with E-state index < -0.39 is 0 Å². The quantitative estimate of drug-likeness (QED) is 0.880. The van der Waals surface area contributed by atoms with E-state index in [1.54, 1.807) is 0 Å². The molecule has 1 heterocycles. The van der Waals surface area contributed by atoms with Gasteiger partial charge in [-0.15, -0.1) is 0 Å². The summed E-state index contributed by atoms with van der Waals surface area (Å²) in [6, 6.07) is 10.2. The fraction of sp³-hybridized carbons (Fsp3) is 0.438. The zero-order valence-corrected chi connectivity index (χ0v) is 12.4. The summed E-state index contributed by atoms with van der Waals surface area (Å²) in [5.74, 6) is 0.866. The van der Waals surface area contributed by atoms with Crippen LogP contribution in [0.4, 0.5) is 0 Å². The molecule has 4 nitrogen and oxygen atoms in total. The van der Waals surface area contributed by atoms with Crippen LogP contribution in [0.25, 0.3) is 0 Å². The molecule has 0 fully saturated rings. The van der Waals surface area contributed by atoms with Crippen LogP contribution in [0.3, 0.4) is 0 Å². The Morgan fingerprint density at radius 1 is 1.25 bits per heavy atom. The third-order valence-electron chi connectivity index (χ3n) is 3.24. The van der Waals surface area contributed by atoms with Gasteiger partial charge in [0.2, 0.25) is 0 Å². The topological polar surface area (TPSA) is 53.1 Å². The van der Waals surface area contributed by atoms with Crippen molar-refractivity contribution in [2.45, 2.75) is 39.3 Å². The predicted octanol–water partition coefficient (Wildman–Crippen LogP) is 3.11. The largest absolute Gasteiger partial charge is 0.494 e. The van der Waals surface area contributed by atoms with E-state index in [0.717, 1.165) is 17.0 Å². The summed E-state index contributed by atoms with van der Waals surface area (Å²) in [6.07, 6.45) is 2.71. The number of nitrogens with two attached hydrogens (primary N) is 1. The molecule has 0 radical (unpaired) electrons. The van der Waals surface area contributed by atoms with Crippen LogP contribution in [0.15, 0.2) is 36.5 Å². The first-order chi connectivity index (χ1) is 9.61. The van der Waals surface area contributed by atoms with Gasteiger partial charge >= 0.3 is 0 Å². The summed E-state index contributed by atoms with van der Waals surface area (Å²) >= 11 is 0. The van der Waals surface area contributed by atoms with Gasteiger partial charge in [-0.25, -0.2) is 0 Å². The molecule has 0 amide bonds. The zero-order valence-electron chi connectivity index (χ0n) is 12.4. The lowest BCUT2D eigenvalue weighted by Gasteiger charge is -2.15. The van der Waals surface area contributed by atoms with Gasteiger partial charge in [0.05, 0.1) is 12.3 Å². The van der Waals surface area contributed by atoms with E-state index in [1.807, 2.05) is 48.1 Å². The molecule has 20 heavy (non-hydrogen) atoms. The third kappa shape index (κ3) is 3.39. The van der Waals surface area contributed by atoms with Crippen molar-refractivity contribution in [3.05, 3.63) is 47.8 Å². The normalized spacial score (nSPS) is 12.7. The number of rotatable bonds is 6. The average molecular weight is 273 g/mol. The Bertz CT molecular complexity index is 548. The second kappa shape index (κ2) is 6.57. The van der Waals surface area contributed by atoms with Gasteiger partial charge in [-0.05, 0) is 32.9 Å². The molecule has 1 atom stereocenters. The summed E-state index contributed by atoms with van der Waals surface area (Å²) in [7, 11) is 0. The van der Waals surface area contributed by atoms with Crippen LogP contribution in [0.1, 0.15) is 44.1 Å². The first-order valence-corrected chi connectivity index (χ1v) is 7.13. The van der Waals surface area contributed by atoms with E-state index in [9.17, 15) is 0 Å². The van der Waals surface area contributed by atoms with Gasteiger partial charge in [0.15, 0.2) is 0 Å². The van der Waals surface area contributed by atoms with Crippen molar-refractivity contribution < 1.29 is 4.74 Å². The highest BCUT2D eigenvalue weighted by molar-refractivity contribution is 5.36. The first-order valence-electron chi connectivity index (χ1n) is 7.13. The van der Waals surface area contributed by atoms with E-state index >= 15 is 0 Å². The molecular weight excluding hydrogens is 250 g/mol. The van der Waals surface area contributed by atoms with E-state index in [2.05, 4.69) is 18.9 Å². The van der Waals surface area contributed by atoms with E-state index in [4.69, 9.17) is 10.5 Å². The van der Waals surface area contributed by atoms with Crippen molar-refractivity contribution in [3.63, 3.8) is 0 Å². The molecule has 0 saturated carbocycles. The van der Waals surface area contributed by atoms with Gasteiger partial charge in [0.1, 0.15) is 5.75 Å². The van der Waals surface area contributed by atoms with Crippen LogP contribution in [-0.4, -0.2) is 16.4 Å². The molecule has 2 N–H and O–H groups in total. The minimum Gasteiger partial charge on any atom is -0.494 e. The maximum absolute atomic E-state index is 6.31. The molecule has 0 aliphatic rings. The first kappa shape index (κ1) is 14.6. The SMILES string of the molecule is CCOc1ccccc1C(N)Cc1ccn(C(C)C)n1. The number of ether oxygens (including phenoxy) is 1. The van der Waals surface area contributed by atoms with Crippen molar-refractivity contribution in [2.24, 2.45) is 5.73 Å². The van der Waals surface area contributed by atoms with Crippen molar-refractivity contribution >= 4 is 0 Å². The van der Waals surface area contributed by atoms with E-state index in [1.165, 1.54) is 0 Å². The van der Waals surface area contributed by atoms with Gasteiger partial charge in [-0.3, -0.25) is 4.68 Å². The summed E-state index contributed by atoms with van der Waals surface area (Å²) in [6.45, 7) is 6.85. The molecule has 108 valence electrons. The van der Waals surface area contributed by atoms with Gasteiger partial charge < -0.3 is 10.5 Å². The lowest BCUT2D eigenvalue weighted by molar-refractivity contribution is 0.334. The molecule has 2 rings (SSSR count). The Labute approximate surface area is 120 Å². The van der Waals surface area contributed by atoms with Crippen molar-refractivity contribution in [1.82, 2.24) is 9.78 Å². The number of hydrogen-bond donors (Lipinski definition) is 1. The standard InChI is InChI=1S/C16H23N3O/c1-4-20-16-8-6-5-7-14(16)15(17)11-13-9-10-19(18-13)12(2)3/h5-10,12,15H,4,11,17H2,1-3H3. The fourth-order valence-electron chi connectivity index (χ4n) is 2.18. The minimum atomic E-state index is -0.103. The van der Waals surface area contributed by atoms with Gasteiger partial charge in [0.25, 0.3) is 0 Å². The third-order valence-corrected chi connectivity index (χ3v) is 3.24. The van der Waals surface area contributed by atoms with Crippen LogP contribution >= 0.6 is 0 Å². The lowest BCUT2D eigenvalue weighted by Crippen LogP contribution is -2.15. The molecule has 2 aromatic rings. The predicted molar refractivity (Wildman–Crippen MR) is 80.9 cm³/mol. The summed E-state index contributed by atoms with van der Waals surface area (Å²) in [4.78, 5) is 0. The highest BCUT2D eigenvalue weighted by Crippen LogP contribution is 2.25. The van der Waals surface area contributed by atoms with Crippen molar-refractivity contribution in [3.8, 4) is 5.75 Å². The Hall–Kier alpha value is -1.81. The number of para-hydroxylation sites is 1. The molecule has 1 aromatic heterocycles. The monoisotopic (exact) mass is 273 g/mol. The van der Waals surface area contributed by atoms with Crippen molar-refractivity contribution in [2.75, 3.05) is 6.61 Å². The number of hydrogen-bond acceptors (Lipinski definition) is 3. The van der Waals surface area contributed by atoms with Crippen LogP contribution < -0.4 is 10.5 Å². The van der Waals surface area contributed by atoms with E-state index in [0.29, 0.717) is 19.1 Å². The van der Waals surface area contributed by atoms with Crippen LogP contribution in [0.5, 0.6) is 5.75 Å². The highest BCUT2D eigenvalue weighted by Gasteiger charge is 2.14. The van der Waals surface area contributed by atoms with Crippen LogP contribution in [-0.2, 0) is 6.42 Å². The van der Waals surface area contributed by atoms with Crippen LogP contribution in [0, 0.1) is 0 Å². The van der Waals surface area contributed by atoms with Crippen LogP contribution in [0.2, 0.25) is 0 Å². The zero-order chi connectivity index (χ0) is 14.5. The molecule has 1 unspecified atom stereocenters. The Kier molecular flexibility index (Phi) is 4.79. The number of nitrogens with zero attached hydrogens (tertiary/aromatic N) is 2.